The van der Waals surface area contributed by atoms with Crippen LogP contribution in [0.4, 0.5) is 11.4 Å². The van der Waals surface area contributed by atoms with Crippen LogP contribution in [0.1, 0.15) is 0 Å². The number of benzene rings is 1. The average molecular weight is 394 g/mol. The van der Waals surface area contributed by atoms with Crippen LogP contribution in [-0.2, 0) is 9.59 Å². The zero-order valence-corrected chi connectivity index (χ0v) is 13.0. The molecule has 0 unspecified atom stereocenters. The number of aliphatic carboxylic acids is 2. The quantitative estimate of drug-likeness (QED) is 0.454. The first-order valence-electron chi connectivity index (χ1n) is 5.67. The molecule has 8 heteroatoms. The van der Waals surface area contributed by atoms with E-state index in [0.717, 1.165) is 5.69 Å². The van der Waals surface area contributed by atoms with Crippen molar-refractivity contribution in [1.82, 2.24) is 0 Å². The van der Waals surface area contributed by atoms with Crippen molar-refractivity contribution in [2.24, 2.45) is 0 Å². The topological polar surface area (TPSA) is 99.1 Å². The molecule has 20 heavy (non-hydrogen) atoms. The van der Waals surface area contributed by atoms with Gasteiger partial charge in [0, 0.05) is 12.7 Å². The van der Waals surface area contributed by atoms with E-state index in [9.17, 15) is 9.59 Å². The number of alkyl halides is 1. The molecule has 0 saturated carbocycles. The molecule has 0 atom stereocenters. The number of hydrogen-bond acceptors (Lipinski definition) is 5. The van der Waals surface area contributed by atoms with E-state index in [-0.39, 0.29) is 0 Å². The van der Waals surface area contributed by atoms with Gasteiger partial charge in [-0.1, -0.05) is 0 Å². The summed E-state index contributed by atoms with van der Waals surface area (Å²) in [5.41, 5.74) is 1.17. The lowest BCUT2D eigenvalue weighted by atomic mass is 10.2. The summed E-state index contributed by atoms with van der Waals surface area (Å²) < 4.78 is 5.78. The molecule has 3 N–H and O–H groups in total. The molecule has 0 aliphatic rings. The number of halogens is 1. The van der Waals surface area contributed by atoms with Gasteiger partial charge in [-0.15, -0.1) is 0 Å². The van der Waals surface area contributed by atoms with Crippen LogP contribution in [0, 0.1) is 0 Å². The van der Waals surface area contributed by atoms with Gasteiger partial charge in [-0.25, -0.2) is 0 Å². The molecular formula is C12H15IN2O5. The van der Waals surface area contributed by atoms with Gasteiger partial charge in [0.25, 0.3) is 0 Å². The number of carboxylic acids is 2. The van der Waals surface area contributed by atoms with Crippen molar-refractivity contribution >= 4 is 45.9 Å². The maximum Gasteiger partial charge on any atom is 0.323 e. The maximum absolute atomic E-state index is 10.9. The van der Waals surface area contributed by atoms with Crippen LogP contribution < -0.4 is 15.0 Å². The second-order valence-electron chi connectivity index (χ2n) is 3.83. The van der Waals surface area contributed by atoms with Gasteiger partial charge in [-0.05, 0) is 40.8 Å². The monoisotopic (exact) mass is 394 g/mol. The molecule has 0 saturated heterocycles. The van der Waals surface area contributed by atoms with Gasteiger partial charge in [0.1, 0.15) is 23.5 Å². The van der Waals surface area contributed by atoms with Crippen LogP contribution in [0.15, 0.2) is 18.2 Å². The number of carboxylic acid groups (broad SMARTS) is 2. The van der Waals surface area contributed by atoms with Gasteiger partial charge in [0.05, 0.1) is 5.69 Å². The fraction of sp³-hybridized carbons (Fsp3) is 0.333. The van der Waals surface area contributed by atoms with Gasteiger partial charge < -0.3 is 25.2 Å². The molecule has 0 spiro atoms. The predicted molar refractivity (Wildman–Crippen MR) is 83.0 cm³/mol. The second kappa shape index (κ2) is 7.78. The number of nitrogens with one attached hydrogen (secondary N) is 1. The maximum atomic E-state index is 10.9. The predicted octanol–water partition coefficient (Wildman–Crippen LogP) is 1.48. The third-order valence-corrected chi connectivity index (χ3v) is 2.76. The Morgan fingerprint density at radius 3 is 2.35 bits per heavy atom. The van der Waals surface area contributed by atoms with E-state index < -0.39 is 25.0 Å². The first kappa shape index (κ1) is 16.3. The van der Waals surface area contributed by atoms with E-state index in [0.29, 0.717) is 16.1 Å². The van der Waals surface area contributed by atoms with Crippen LogP contribution in [0.3, 0.4) is 0 Å². The minimum Gasteiger partial charge on any atom is -0.481 e. The lowest BCUT2D eigenvalue weighted by molar-refractivity contribution is -0.136. The molecule has 0 aromatic heterocycles. The Kier molecular flexibility index (Phi) is 6.36. The van der Waals surface area contributed by atoms with Crippen LogP contribution in [-0.4, -0.2) is 46.9 Å². The summed E-state index contributed by atoms with van der Waals surface area (Å²) in [6.07, 6.45) is 0. The van der Waals surface area contributed by atoms with Crippen molar-refractivity contribution in [3.63, 3.8) is 0 Å². The molecule has 1 rings (SSSR count). The van der Waals surface area contributed by atoms with Crippen molar-refractivity contribution in [3.05, 3.63) is 18.2 Å². The minimum absolute atomic E-state index is 0.373. The smallest absolute Gasteiger partial charge is 0.323 e. The molecule has 0 radical (unpaired) electrons. The highest BCUT2D eigenvalue weighted by atomic mass is 127. The van der Waals surface area contributed by atoms with Gasteiger partial charge in [0.15, 0.2) is 0 Å². The van der Waals surface area contributed by atoms with Crippen LogP contribution in [0.2, 0.25) is 0 Å². The Bertz CT molecular complexity index is 479. The Morgan fingerprint density at radius 1 is 1.30 bits per heavy atom. The van der Waals surface area contributed by atoms with Crippen LogP contribution in [0.25, 0.3) is 0 Å². The van der Waals surface area contributed by atoms with E-state index in [1.165, 1.54) is 4.90 Å². The summed E-state index contributed by atoms with van der Waals surface area (Å²) in [7, 11) is 1.72. The van der Waals surface area contributed by atoms with Gasteiger partial charge in [-0.2, -0.15) is 0 Å². The van der Waals surface area contributed by atoms with E-state index in [4.69, 9.17) is 14.9 Å². The zero-order valence-electron chi connectivity index (χ0n) is 10.8. The average Bonchev–Trinajstić information content (AvgIpc) is 2.37. The van der Waals surface area contributed by atoms with Crippen molar-refractivity contribution < 1.29 is 24.5 Å². The summed E-state index contributed by atoms with van der Waals surface area (Å²) in [6, 6.07) is 5.11. The van der Waals surface area contributed by atoms with E-state index >= 15 is 0 Å². The molecule has 0 amide bonds. The van der Waals surface area contributed by atoms with Crippen LogP contribution >= 0.6 is 22.6 Å². The molecule has 0 aliphatic carbocycles. The highest BCUT2D eigenvalue weighted by Gasteiger charge is 2.18. The van der Waals surface area contributed by atoms with Crippen molar-refractivity contribution in [2.45, 2.75) is 0 Å². The molecule has 0 bridgehead atoms. The standard InChI is InChI=1S/C12H15IN2O5/c1-14-8-2-3-10(20-7-13)9(4-8)15(5-11(16)17)6-12(18)19/h2-4,14H,5-7H2,1H3,(H,16,17)(H,18,19). The number of hydrogen-bond donors (Lipinski definition) is 3. The Morgan fingerprint density at radius 2 is 1.90 bits per heavy atom. The number of anilines is 2. The Hall–Kier alpha value is -1.71. The lowest BCUT2D eigenvalue weighted by Gasteiger charge is -2.24. The van der Waals surface area contributed by atoms with Crippen LogP contribution in [0.5, 0.6) is 5.75 Å². The largest absolute Gasteiger partial charge is 0.481 e. The highest BCUT2D eigenvalue weighted by Crippen LogP contribution is 2.31. The summed E-state index contributed by atoms with van der Waals surface area (Å²) in [4.78, 5) is 23.0. The molecule has 1 aromatic rings. The number of ether oxygens (including phenoxy) is 1. The molecule has 1 aromatic carbocycles. The van der Waals surface area contributed by atoms with E-state index in [1.807, 2.05) is 22.6 Å². The fourth-order valence-electron chi connectivity index (χ4n) is 1.65. The zero-order chi connectivity index (χ0) is 15.1. The molecular weight excluding hydrogens is 379 g/mol. The number of rotatable bonds is 8. The molecule has 0 fully saturated rings. The second-order valence-corrected chi connectivity index (χ2v) is 4.45. The highest BCUT2D eigenvalue weighted by molar-refractivity contribution is 14.1. The summed E-state index contributed by atoms with van der Waals surface area (Å²) in [5.74, 6) is -1.77. The Balaban J connectivity index is 3.19. The summed E-state index contributed by atoms with van der Waals surface area (Å²) >= 11 is 2.01. The molecule has 110 valence electrons. The van der Waals surface area contributed by atoms with Gasteiger partial charge >= 0.3 is 11.9 Å². The summed E-state index contributed by atoms with van der Waals surface area (Å²) in [6.45, 7) is -0.839. The van der Waals surface area contributed by atoms with Gasteiger partial charge in [0.2, 0.25) is 0 Å². The SMILES string of the molecule is CNc1ccc(OCI)c(N(CC(=O)O)CC(=O)O)c1. The third-order valence-electron chi connectivity index (χ3n) is 2.45. The minimum atomic E-state index is -1.11. The third kappa shape index (κ3) is 4.76. The van der Waals surface area contributed by atoms with Crippen molar-refractivity contribution in [2.75, 3.05) is 35.0 Å². The lowest BCUT2D eigenvalue weighted by Crippen LogP contribution is -2.34. The van der Waals surface area contributed by atoms with E-state index in [1.54, 1.807) is 25.2 Å². The summed E-state index contributed by atoms with van der Waals surface area (Å²) in [5, 5.41) is 20.7. The first-order chi connectivity index (χ1) is 9.47. The first-order valence-corrected chi connectivity index (χ1v) is 7.19. The normalized spacial score (nSPS) is 9.90. The van der Waals surface area contributed by atoms with E-state index in [2.05, 4.69) is 5.32 Å². The van der Waals surface area contributed by atoms with Crippen molar-refractivity contribution in [3.8, 4) is 5.75 Å². The van der Waals surface area contributed by atoms with Gasteiger partial charge in [-0.3, -0.25) is 9.59 Å². The molecule has 0 heterocycles. The Labute approximate surface area is 129 Å². The fourth-order valence-corrected chi connectivity index (χ4v) is 1.99. The van der Waals surface area contributed by atoms with Crippen molar-refractivity contribution in [1.29, 1.82) is 0 Å². The number of carbonyl (C=O) groups is 2. The molecule has 7 nitrogen and oxygen atoms in total. The molecule has 0 aliphatic heterocycles. The number of nitrogens with zero attached hydrogens (tertiary/aromatic N) is 1.